The van der Waals surface area contributed by atoms with Gasteiger partial charge in [0.25, 0.3) is 0 Å². The summed E-state index contributed by atoms with van der Waals surface area (Å²) in [4.78, 5) is 16.6. The SMILES string of the molecule is CC[C@H](COC)NC(=O)Nc1cc(F)ccc1N1CCN(C)CC1. The van der Waals surface area contributed by atoms with E-state index in [0.29, 0.717) is 12.3 Å². The fourth-order valence-corrected chi connectivity index (χ4v) is 2.74. The molecule has 1 aromatic carbocycles. The van der Waals surface area contributed by atoms with Crippen molar-refractivity contribution >= 4 is 17.4 Å². The maximum absolute atomic E-state index is 13.7. The quantitative estimate of drug-likeness (QED) is 0.834. The van der Waals surface area contributed by atoms with E-state index in [9.17, 15) is 9.18 Å². The summed E-state index contributed by atoms with van der Waals surface area (Å²) in [5.74, 6) is -0.368. The zero-order valence-electron chi connectivity index (χ0n) is 14.6. The number of likely N-dealkylation sites (N-methyl/N-ethyl adjacent to an activating group) is 1. The van der Waals surface area contributed by atoms with Crippen molar-refractivity contribution in [3.8, 4) is 0 Å². The molecule has 1 aromatic rings. The Kier molecular flexibility index (Phi) is 6.81. The van der Waals surface area contributed by atoms with Crippen LogP contribution < -0.4 is 15.5 Å². The molecular formula is C17H27FN4O2. The van der Waals surface area contributed by atoms with E-state index >= 15 is 0 Å². The molecule has 2 N–H and O–H groups in total. The van der Waals surface area contributed by atoms with Crippen molar-refractivity contribution in [1.29, 1.82) is 0 Å². The summed E-state index contributed by atoms with van der Waals surface area (Å²) < 4.78 is 18.7. The summed E-state index contributed by atoms with van der Waals surface area (Å²) in [6, 6.07) is 4.10. The molecule has 2 rings (SSSR count). The van der Waals surface area contributed by atoms with Gasteiger partial charge in [0.2, 0.25) is 0 Å². The summed E-state index contributed by atoms with van der Waals surface area (Å²) in [5.41, 5.74) is 1.34. The fraction of sp³-hybridized carbons (Fsp3) is 0.588. The maximum Gasteiger partial charge on any atom is 0.319 e. The summed E-state index contributed by atoms with van der Waals surface area (Å²) in [7, 11) is 3.68. The number of urea groups is 1. The van der Waals surface area contributed by atoms with Crippen LogP contribution in [0.4, 0.5) is 20.6 Å². The monoisotopic (exact) mass is 338 g/mol. The molecule has 0 bridgehead atoms. The van der Waals surface area contributed by atoms with Crippen LogP contribution in [0.3, 0.4) is 0 Å². The minimum Gasteiger partial charge on any atom is -0.383 e. The molecule has 1 fully saturated rings. The first kappa shape index (κ1) is 18.5. The van der Waals surface area contributed by atoms with E-state index in [1.54, 1.807) is 13.2 Å². The number of amides is 2. The Morgan fingerprint density at radius 1 is 1.33 bits per heavy atom. The second kappa shape index (κ2) is 8.84. The summed E-state index contributed by atoms with van der Waals surface area (Å²) in [6.07, 6.45) is 0.760. The lowest BCUT2D eigenvalue weighted by molar-refractivity contribution is 0.165. The molecule has 0 aliphatic carbocycles. The van der Waals surface area contributed by atoms with Crippen LogP contribution in [0.25, 0.3) is 0 Å². The Morgan fingerprint density at radius 2 is 2.04 bits per heavy atom. The number of rotatable bonds is 6. The smallest absolute Gasteiger partial charge is 0.319 e. The molecule has 0 radical (unpaired) electrons. The molecule has 1 saturated heterocycles. The maximum atomic E-state index is 13.7. The van der Waals surface area contributed by atoms with Gasteiger partial charge in [-0.1, -0.05) is 6.92 Å². The van der Waals surface area contributed by atoms with E-state index < -0.39 is 0 Å². The number of carbonyl (C=O) groups excluding carboxylic acids is 1. The number of ether oxygens (including phenoxy) is 1. The lowest BCUT2D eigenvalue weighted by Crippen LogP contribution is -2.45. The molecule has 24 heavy (non-hydrogen) atoms. The fourth-order valence-electron chi connectivity index (χ4n) is 2.74. The van der Waals surface area contributed by atoms with E-state index in [4.69, 9.17) is 4.74 Å². The van der Waals surface area contributed by atoms with Gasteiger partial charge in [0, 0.05) is 33.3 Å². The Balaban J connectivity index is 2.08. The van der Waals surface area contributed by atoms with Gasteiger partial charge in [0.1, 0.15) is 5.82 Å². The van der Waals surface area contributed by atoms with Gasteiger partial charge in [-0.3, -0.25) is 0 Å². The third-order valence-corrected chi connectivity index (χ3v) is 4.25. The summed E-state index contributed by atoms with van der Waals surface area (Å²) >= 11 is 0. The predicted octanol–water partition coefficient (Wildman–Crippen LogP) is 2.12. The second-order valence-corrected chi connectivity index (χ2v) is 6.11. The largest absolute Gasteiger partial charge is 0.383 e. The van der Waals surface area contributed by atoms with Gasteiger partial charge in [0.05, 0.1) is 24.0 Å². The zero-order valence-corrected chi connectivity index (χ0v) is 14.6. The zero-order chi connectivity index (χ0) is 17.5. The van der Waals surface area contributed by atoms with Crippen LogP contribution in [0.2, 0.25) is 0 Å². The number of anilines is 2. The molecule has 6 nitrogen and oxygen atoms in total. The lowest BCUT2D eigenvalue weighted by atomic mass is 10.2. The lowest BCUT2D eigenvalue weighted by Gasteiger charge is -2.35. The van der Waals surface area contributed by atoms with Gasteiger partial charge in [0.15, 0.2) is 0 Å². The highest BCUT2D eigenvalue weighted by atomic mass is 19.1. The standard InChI is InChI=1S/C17H27FN4O2/c1-4-14(12-24-3)19-17(23)20-15-11-13(18)5-6-16(15)22-9-7-21(2)8-10-22/h5-6,11,14H,4,7-10,12H2,1-3H3,(H2,19,20,23)/t14-/m1/s1. The number of nitrogens with one attached hydrogen (secondary N) is 2. The van der Waals surface area contributed by atoms with Crippen molar-refractivity contribution in [2.45, 2.75) is 19.4 Å². The number of hydrogen-bond donors (Lipinski definition) is 2. The molecular weight excluding hydrogens is 311 g/mol. The van der Waals surface area contributed by atoms with E-state index in [1.165, 1.54) is 12.1 Å². The summed E-state index contributed by atoms with van der Waals surface area (Å²) in [5, 5.41) is 5.63. The Bertz CT molecular complexity index is 547. The molecule has 0 unspecified atom stereocenters. The first-order valence-corrected chi connectivity index (χ1v) is 8.33. The van der Waals surface area contributed by atoms with Crippen LogP contribution in [0.15, 0.2) is 18.2 Å². The number of carbonyl (C=O) groups is 1. The van der Waals surface area contributed by atoms with Crippen molar-refractivity contribution in [2.24, 2.45) is 0 Å². The molecule has 1 heterocycles. The van der Waals surface area contributed by atoms with Gasteiger partial charge in [-0.15, -0.1) is 0 Å². The third kappa shape index (κ3) is 5.07. The Morgan fingerprint density at radius 3 is 2.67 bits per heavy atom. The number of piperazine rings is 1. The average molecular weight is 338 g/mol. The van der Waals surface area contributed by atoms with E-state index in [-0.39, 0.29) is 17.9 Å². The number of nitrogens with zero attached hydrogens (tertiary/aromatic N) is 2. The van der Waals surface area contributed by atoms with Crippen LogP contribution in [0.5, 0.6) is 0 Å². The third-order valence-electron chi connectivity index (χ3n) is 4.25. The minimum atomic E-state index is -0.368. The number of halogens is 1. The van der Waals surface area contributed by atoms with Crippen LogP contribution in [-0.4, -0.2) is 63.9 Å². The van der Waals surface area contributed by atoms with Crippen LogP contribution in [0, 0.1) is 5.82 Å². The molecule has 1 atom stereocenters. The Hall–Kier alpha value is -1.86. The van der Waals surface area contributed by atoms with Crippen molar-refractivity contribution in [3.63, 3.8) is 0 Å². The predicted molar refractivity (Wildman–Crippen MR) is 94.2 cm³/mol. The van der Waals surface area contributed by atoms with Gasteiger partial charge in [-0.25, -0.2) is 9.18 Å². The highest BCUT2D eigenvalue weighted by Crippen LogP contribution is 2.27. The number of methoxy groups -OCH3 is 1. The first-order chi connectivity index (χ1) is 11.5. The highest BCUT2D eigenvalue weighted by molar-refractivity contribution is 5.93. The van der Waals surface area contributed by atoms with E-state index in [1.807, 2.05) is 6.92 Å². The minimum absolute atomic E-state index is 0.0735. The van der Waals surface area contributed by atoms with Gasteiger partial charge >= 0.3 is 6.03 Å². The second-order valence-electron chi connectivity index (χ2n) is 6.11. The van der Waals surface area contributed by atoms with Crippen molar-refractivity contribution < 1.29 is 13.9 Å². The molecule has 1 aliphatic heterocycles. The van der Waals surface area contributed by atoms with Gasteiger partial charge in [-0.2, -0.15) is 0 Å². The van der Waals surface area contributed by atoms with Crippen LogP contribution in [0.1, 0.15) is 13.3 Å². The highest BCUT2D eigenvalue weighted by Gasteiger charge is 2.19. The van der Waals surface area contributed by atoms with Crippen molar-refractivity contribution in [3.05, 3.63) is 24.0 Å². The topological polar surface area (TPSA) is 56.8 Å². The van der Waals surface area contributed by atoms with E-state index in [2.05, 4.69) is 27.5 Å². The first-order valence-electron chi connectivity index (χ1n) is 8.33. The Labute approximate surface area is 142 Å². The molecule has 0 saturated carbocycles. The van der Waals surface area contributed by atoms with Gasteiger partial charge in [-0.05, 0) is 31.7 Å². The summed E-state index contributed by atoms with van der Waals surface area (Å²) in [6.45, 7) is 5.99. The molecule has 0 aromatic heterocycles. The van der Waals surface area contributed by atoms with Gasteiger partial charge < -0.3 is 25.2 Å². The molecule has 1 aliphatic rings. The molecule has 2 amide bonds. The number of hydrogen-bond acceptors (Lipinski definition) is 4. The average Bonchev–Trinajstić information content (AvgIpc) is 2.55. The number of benzene rings is 1. The molecule has 7 heteroatoms. The molecule has 0 spiro atoms. The van der Waals surface area contributed by atoms with Crippen LogP contribution >= 0.6 is 0 Å². The normalized spacial score (nSPS) is 16.8. The van der Waals surface area contributed by atoms with Crippen molar-refractivity contribution in [1.82, 2.24) is 10.2 Å². The van der Waals surface area contributed by atoms with Crippen molar-refractivity contribution in [2.75, 3.05) is 57.2 Å². The molecule has 134 valence electrons. The van der Waals surface area contributed by atoms with Crippen LogP contribution in [-0.2, 0) is 4.74 Å². The van der Waals surface area contributed by atoms with E-state index in [0.717, 1.165) is 38.3 Å².